The van der Waals surface area contributed by atoms with Crippen molar-refractivity contribution in [2.75, 3.05) is 26.2 Å². The number of nitrogens with zero attached hydrogens (tertiary/aromatic N) is 2. The average molecular weight is 387 g/mol. The molecule has 1 aliphatic heterocycles. The molecule has 2 heterocycles. The molecule has 4 rings (SSSR count). The van der Waals surface area contributed by atoms with Gasteiger partial charge in [-0.15, -0.1) is 0 Å². The van der Waals surface area contributed by atoms with Crippen LogP contribution in [0, 0.1) is 0 Å². The second-order valence-electron chi connectivity index (χ2n) is 6.93. The van der Waals surface area contributed by atoms with Crippen LogP contribution in [-0.4, -0.2) is 52.8 Å². The van der Waals surface area contributed by atoms with Gasteiger partial charge in [-0.2, -0.15) is 0 Å². The van der Waals surface area contributed by atoms with Gasteiger partial charge in [0.2, 0.25) is 0 Å². The van der Waals surface area contributed by atoms with E-state index in [9.17, 15) is 14.4 Å². The highest BCUT2D eigenvalue weighted by molar-refractivity contribution is 5.96. The number of H-pyrrole nitrogens is 1. The third-order valence-corrected chi connectivity index (χ3v) is 5.10. The van der Waals surface area contributed by atoms with Crippen LogP contribution in [0.15, 0.2) is 77.6 Å². The molecule has 0 aliphatic carbocycles. The lowest BCUT2D eigenvalue weighted by Gasteiger charge is -2.34. The van der Waals surface area contributed by atoms with E-state index in [1.165, 1.54) is 0 Å². The predicted molar refractivity (Wildman–Crippen MR) is 111 cm³/mol. The Hall–Kier alpha value is -3.67. The largest absolute Gasteiger partial charge is 0.335 e. The first-order valence-corrected chi connectivity index (χ1v) is 9.56. The Morgan fingerprint density at radius 3 is 1.83 bits per heavy atom. The normalized spacial score (nSPS) is 13.9. The number of benzene rings is 2. The number of hydrogen-bond acceptors (Lipinski definition) is 3. The minimum absolute atomic E-state index is 0.0391. The van der Waals surface area contributed by atoms with Crippen LogP contribution in [0.2, 0.25) is 0 Å². The fourth-order valence-electron chi connectivity index (χ4n) is 3.47. The number of carbonyl (C=O) groups is 2. The minimum atomic E-state index is -0.404. The van der Waals surface area contributed by atoms with E-state index in [1.54, 1.807) is 34.1 Å². The summed E-state index contributed by atoms with van der Waals surface area (Å²) in [5.74, 6) is -0.347. The lowest BCUT2D eigenvalue weighted by atomic mass is 10.1. The van der Waals surface area contributed by atoms with Crippen LogP contribution in [0.4, 0.5) is 0 Å². The molecule has 0 radical (unpaired) electrons. The van der Waals surface area contributed by atoms with Crippen LogP contribution in [-0.2, 0) is 0 Å². The predicted octanol–water partition coefficient (Wildman–Crippen LogP) is 2.64. The highest BCUT2D eigenvalue weighted by atomic mass is 16.2. The zero-order valence-electron chi connectivity index (χ0n) is 15.9. The van der Waals surface area contributed by atoms with Gasteiger partial charge in [0.05, 0.1) is 0 Å². The Morgan fingerprint density at radius 1 is 0.690 bits per heavy atom. The molecule has 1 aliphatic rings. The summed E-state index contributed by atoms with van der Waals surface area (Å²) in [6.07, 6.45) is 0. The van der Waals surface area contributed by atoms with Gasteiger partial charge in [-0.25, -0.2) is 0 Å². The Balaban J connectivity index is 1.43. The molecule has 1 N–H and O–H groups in total. The van der Waals surface area contributed by atoms with Gasteiger partial charge in [-0.1, -0.05) is 48.5 Å². The van der Waals surface area contributed by atoms with Gasteiger partial charge in [0, 0.05) is 37.4 Å². The number of piperazine rings is 1. The van der Waals surface area contributed by atoms with Gasteiger partial charge in [0.25, 0.3) is 17.4 Å². The third kappa shape index (κ3) is 3.96. The van der Waals surface area contributed by atoms with Gasteiger partial charge < -0.3 is 14.8 Å². The first-order chi connectivity index (χ1) is 14.1. The van der Waals surface area contributed by atoms with E-state index in [0.29, 0.717) is 37.4 Å². The van der Waals surface area contributed by atoms with Crippen molar-refractivity contribution in [3.63, 3.8) is 0 Å². The number of aromatic amines is 1. The number of carbonyl (C=O) groups excluding carboxylic acids is 2. The van der Waals surface area contributed by atoms with Crippen molar-refractivity contribution in [2.24, 2.45) is 0 Å². The average Bonchev–Trinajstić information content (AvgIpc) is 2.79. The number of amides is 2. The van der Waals surface area contributed by atoms with Gasteiger partial charge in [0.15, 0.2) is 0 Å². The van der Waals surface area contributed by atoms with Gasteiger partial charge in [-0.3, -0.25) is 14.4 Å². The van der Waals surface area contributed by atoms with Crippen molar-refractivity contribution < 1.29 is 9.59 Å². The lowest BCUT2D eigenvalue weighted by molar-refractivity contribution is 0.0534. The maximum atomic E-state index is 12.8. The number of nitrogens with one attached hydrogen (secondary N) is 1. The van der Waals surface area contributed by atoms with E-state index >= 15 is 0 Å². The SMILES string of the molecule is O=C(c1ccccc1)N1CCN(C(=O)c2ccc(-c3ccccc3)[nH]c2=O)CC1. The molecule has 0 saturated carbocycles. The summed E-state index contributed by atoms with van der Waals surface area (Å²) in [7, 11) is 0. The monoisotopic (exact) mass is 387 g/mol. The lowest BCUT2D eigenvalue weighted by Crippen LogP contribution is -2.51. The van der Waals surface area contributed by atoms with Crippen LogP contribution in [0.1, 0.15) is 20.7 Å². The van der Waals surface area contributed by atoms with Crippen molar-refractivity contribution in [3.8, 4) is 11.3 Å². The molecule has 0 atom stereocenters. The standard InChI is InChI=1S/C23H21N3O3/c27-21-19(11-12-20(24-21)17-7-3-1-4-8-17)23(29)26-15-13-25(14-16-26)22(28)18-9-5-2-6-10-18/h1-12H,13-16H2,(H,24,27). The highest BCUT2D eigenvalue weighted by Crippen LogP contribution is 2.16. The van der Waals surface area contributed by atoms with E-state index in [0.717, 1.165) is 5.56 Å². The van der Waals surface area contributed by atoms with Crippen molar-refractivity contribution in [2.45, 2.75) is 0 Å². The zero-order valence-corrected chi connectivity index (χ0v) is 15.9. The van der Waals surface area contributed by atoms with E-state index in [2.05, 4.69) is 4.98 Å². The molecule has 1 saturated heterocycles. The topological polar surface area (TPSA) is 73.5 Å². The third-order valence-electron chi connectivity index (χ3n) is 5.10. The number of hydrogen-bond donors (Lipinski definition) is 1. The van der Waals surface area contributed by atoms with Crippen molar-refractivity contribution in [1.29, 1.82) is 0 Å². The van der Waals surface area contributed by atoms with Crippen LogP contribution < -0.4 is 5.56 Å². The summed E-state index contributed by atoms with van der Waals surface area (Å²) in [6, 6.07) is 21.9. The summed E-state index contributed by atoms with van der Waals surface area (Å²) in [4.78, 5) is 44.0. The Bertz CT molecular complexity index is 1070. The van der Waals surface area contributed by atoms with Gasteiger partial charge in [-0.05, 0) is 29.8 Å². The summed E-state index contributed by atoms with van der Waals surface area (Å²) in [5.41, 5.74) is 1.91. The molecule has 146 valence electrons. The molecule has 1 fully saturated rings. The second kappa shape index (κ2) is 8.14. The summed E-state index contributed by atoms with van der Waals surface area (Å²) in [6.45, 7) is 1.69. The molecular weight excluding hydrogens is 366 g/mol. The van der Waals surface area contributed by atoms with E-state index < -0.39 is 5.56 Å². The van der Waals surface area contributed by atoms with Crippen molar-refractivity contribution >= 4 is 11.8 Å². The van der Waals surface area contributed by atoms with Crippen LogP contribution in [0.3, 0.4) is 0 Å². The van der Waals surface area contributed by atoms with E-state index in [-0.39, 0.29) is 17.4 Å². The molecule has 2 aromatic carbocycles. The minimum Gasteiger partial charge on any atom is -0.335 e. The summed E-state index contributed by atoms with van der Waals surface area (Å²) in [5, 5.41) is 0. The van der Waals surface area contributed by atoms with Crippen molar-refractivity contribution in [3.05, 3.63) is 94.3 Å². The molecule has 0 unspecified atom stereocenters. The molecule has 3 aromatic rings. The molecule has 1 aromatic heterocycles. The summed E-state index contributed by atoms with van der Waals surface area (Å²) >= 11 is 0. The molecule has 0 spiro atoms. The molecule has 2 amide bonds. The smallest absolute Gasteiger partial charge is 0.261 e. The fourth-order valence-corrected chi connectivity index (χ4v) is 3.47. The summed E-state index contributed by atoms with van der Waals surface area (Å²) < 4.78 is 0. The molecule has 29 heavy (non-hydrogen) atoms. The van der Waals surface area contributed by atoms with Gasteiger partial charge >= 0.3 is 0 Å². The van der Waals surface area contributed by atoms with Crippen LogP contribution >= 0.6 is 0 Å². The maximum Gasteiger partial charge on any atom is 0.261 e. The molecular formula is C23H21N3O3. The first kappa shape index (κ1) is 18.7. The van der Waals surface area contributed by atoms with Crippen molar-refractivity contribution in [1.82, 2.24) is 14.8 Å². The molecule has 0 bridgehead atoms. The Morgan fingerprint density at radius 2 is 1.24 bits per heavy atom. The van der Waals surface area contributed by atoms with Gasteiger partial charge in [0.1, 0.15) is 5.56 Å². The molecule has 6 nitrogen and oxygen atoms in total. The fraction of sp³-hybridized carbons (Fsp3) is 0.174. The van der Waals surface area contributed by atoms with Crippen LogP contribution in [0.5, 0.6) is 0 Å². The Kier molecular flexibility index (Phi) is 5.24. The number of aromatic nitrogens is 1. The maximum absolute atomic E-state index is 12.8. The quantitative estimate of drug-likeness (QED) is 0.751. The second-order valence-corrected chi connectivity index (χ2v) is 6.93. The van der Waals surface area contributed by atoms with E-state index in [4.69, 9.17) is 0 Å². The Labute approximate surface area is 168 Å². The molecule has 6 heteroatoms. The number of rotatable bonds is 3. The van der Waals surface area contributed by atoms with E-state index in [1.807, 2.05) is 48.5 Å². The van der Waals surface area contributed by atoms with Crippen LogP contribution in [0.25, 0.3) is 11.3 Å². The highest BCUT2D eigenvalue weighted by Gasteiger charge is 2.26. The first-order valence-electron chi connectivity index (χ1n) is 9.56. The number of pyridine rings is 1. The zero-order chi connectivity index (χ0) is 20.2.